The van der Waals surface area contributed by atoms with Crippen molar-refractivity contribution in [3.05, 3.63) is 0 Å². The van der Waals surface area contributed by atoms with Gasteiger partial charge in [-0.1, -0.05) is 13.8 Å². The molecule has 1 aliphatic carbocycles. The van der Waals surface area contributed by atoms with Crippen LogP contribution in [0, 0.1) is 11.3 Å². The number of carbonyl (C=O) groups excluding carboxylic acids is 2. The monoisotopic (exact) mass is 140 g/mol. The van der Waals surface area contributed by atoms with Gasteiger partial charge in [-0.2, -0.15) is 0 Å². The van der Waals surface area contributed by atoms with Gasteiger partial charge in [-0.05, 0) is 6.92 Å². The van der Waals surface area contributed by atoms with Gasteiger partial charge in [0.15, 0.2) is 0 Å². The Hall–Kier alpha value is -0.660. The molecule has 56 valence electrons. The van der Waals surface area contributed by atoms with E-state index in [0.29, 0.717) is 6.42 Å². The van der Waals surface area contributed by atoms with Crippen molar-refractivity contribution in [2.75, 3.05) is 0 Å². The molecule has 1 aliphatic rings. The fraction of sp³-hybridized carbons (Fsp3) is 0.750. The summed E-state index contributed by atoms with van der Waals surface area (Å²) in [7, 11) is 0. The van der Waals surface area contributed by atoms with E-state index in [4.69, 9.17) is 0 Å². The molecule has 1 unspecified atom stereocenters. The molecule has 1 atom stereocenters. The van der Waals surface area contributed by atoms with Gasteiger partial charge in [-0.25, -0.2) is 0 Å². The molecule has 0 aromatic heterocycles. The predicted molar refractivity (Wildman–Crippen MR) is 37.6 cm³/mol. The summed E-state index contributed by atoms with van der Waals surface area (Å²) in [6.07, 6.45) is 0.424. The maximum Gasteiger partial charge on any atom is 0.149 e. The van der Waals surface area contributed by atoms with E-state index in [9.17, 15) is 9.59 Å². The molecule has 2 heteroatoms. The van der Waals surface area contributed by atoms with Gasteiger partial charge in [-0.15, -0.1) is 0 Å². The van der Waals surface area contributed by atoms with Gasteiger partial charge in [0, 0.05) is 11.8 Å². The fourth-order valence-electron chi connectivity index (χ4n) is 1.41. The molecule has 0 aromatic carbocycles. The van der Waals surface area contributed by atoms with Crippen LogP contribution < -0.4 is 0 Å². The SMILES string of the molecule is CC1C(=O)CC(C)(C)C1=O. The minimum absolute atomic E-state index is 0.0926. The molecule has 0 aliphatic heterocycles. The van der Waals surface area contributed by atoms with E-state index in [1.54, 1.807) is 6.92 Å². The first-order valence-electron chi connectivity index (χ1n) is 3.52. The van der Waals surface area contributed by atoms with Gasteiger partial charge in [0.05, 0.1) is 5.92 Å². The lowest BCUT2D eigenvalue weighted by molar-refractivity contribution is -0.129. The molecule has 0 radical (unpaired) electrons. The molecule has 2 nitrogen and oxygen atoms in total. The van der Waals surface area contributed by atoms with Crippen molar-refractivity contribution in [3.8, 4) is 0 Å². The first kappa shape index (κ1) is 7.45. The standard InChI is InChI=1S/C8H12O2/c1-5-6(9)4-8(2,3)7(5)10/h5H,4H2,1-3H3. The van der Waals surface area contributed by atoms with Crippen LogP contribution in [0.15, 0.2) is 0 Å². The average molecular weight is 140 g/mol. The molecule has 0 heterocycles. The van der Waals surface area contributed by atoms with E-state index in [-0.39, 0.29) is 17.5 Å². The quantitative estimate of drug-likeness (QED) is 0.474. The van der Waals surface area contributed by atoms with E-state index in [1.165, 1.54) is 0 Å². The summed E-state index contributed by atoms with van der Waals surface area (Å²) in [5.41, 5.74) is -0.392. The second kappa shape index (κ2) is 1.91. The summed E-state index contributed by atoms with van der Waals surface area (Å²) in [5, 5.41) is 0. The molecule has 1 rings (SSSR count). The van der Waals surface area contributed by atoms with Crippen LogP contribution in [0.3, 0.4) is 0 Å². The molecule has 0 bridgehead atoms. The highest BCUT2D eigenvalue weighted by Crippen LogP contribution is 2.34. The summed E-state index contributed by atoms with van der Waals surface area (Å²) in [4.78, 5) is 22.2. The second-order valence-corrected chi connectivity index (χ2v) is 3.61. The molecular weight excluding hydrogens is 128 g/mol. The topological polar surface area (TPSA) is 34.1 Å². The summed E-state index contributed by atoms with van der Waals surface area (Å²) >= 11 is 0. The molecule has 0 N–H and O–H groups in total. The summed E-state index contributed by atoms with van der Waals surface area (Å²) in [6.45, 7) is 5.35. The van der Waals surface area contributed by atoms with Gasteiger partial charge in [0.25, 0.3) is 0 Å². The number of hydrogen-bond acceptors (Lipinski definition) is 2. The van der Waals surface area contributed by atoms with Crippen molar-refractivity contribution in [3.63, 3.8) is 0 Å². The third-order valence-corrected chi connectivity index (χ3v) is 2.16. The Labute approximate surface area is 60.6 Å². The van der Waals surface area contributed by atoms with Crippen LogP contribution in [-0.4, -0.2) is 11.6 Å². The van der Waals surface area contributed by atoms with Gasteiger partial charge in [0.2, 0.25) is 0 Å². The van der Waals surface area contributed by atoms with Crippen LogP contribution in [0.2, 0.25) is 0 Å². The lowest BCUT2D eigenvalue weighted by Crippen LogP contribution is -2.20. The van der Waals surface area contributed by atoms with Crippen LogP contribution in [0.4, 0.5) is 0 Å². The molecule has 1 fully saturated rings. The Morgan fingerprint density at radius 1 is 1.40 bits per heavy atom. The van der Waals surface area contributed by atoms with Crippen molar-refractivity contribution in [1.82, 2.24) is 0 Å². The normalized spacial score (nSPS) is 31.3. The molecule has 0 amide bonds. The smallest absolute Gasteiger partial charge is 0.149 e. The first-order chi connectivity index (χ1) is 4.45. The highest BCUT2D eigenvalue weighted by molar-refractivity contribution is 6.11. The summed E-state index contributed by atoms with van der Waals surface area (Å²) < 4.78 is 0. The Bertz CT molecular complexity index is 191. The van der Waals surface area contributed by atoms with Crippen molar-refractivity contribution in [1.29, 1.82) is 0 Å². The average Bonchev–Trinajstić information content (AvgIpc) is 1.95. The number of Topliss-reactive ketones (excluding diaryl/α,β-unsaturated/α-hetero) is 2. The Kier molecular flexibility index (Phi) is 1.42. The molecular formula is C8H12O2. The van der Waals surface area contributed by atoms with Gasteiger partial charge in [0.1, 0.15) is 11.6 Å². The number of carbonyl (C=O) groups is 2. The molecule has 10 heavy (non-hydrogen) atoms. The van der Waals surface area contributed by atoms with Crippen LogP contribution in [0.1, 0.15) is 27.2 Å². The van der Waals surface area contributed by atoms with Gasteiger partial charge >= 0.3 is 0 Å². The molecule has 0 spiro atoms. The minimum Gasteiger partial charge on any atom is -0.299 e. The second-order valence-electron chi connectivity index (χ2n) is 3.61. The van der Waals surface area contributed by atoms with Crippen molar-refractivity contribution >= 4 is 11.6 Å². The zero-order valence-corrected chi connectivity index (χ0v) is 6.60. The van der Waals surface area contributed by atoms with Crippen LogP contribution in [-0.2, 0) is 9.59 Å². The zero-order valence-electron chi connectivity index (χ0n) is 6.60. The number of rotatable bonds is 0. The van der Waals surface area contributed by atoms with Crippen molar-refractivity contribution < 1.29 is 9.59 Å². The predicted octanol–water partition coefficient (Wildman–Crippen LogP) is 1.19. The van der Waals surface area contributed by atoms with Gasteiger partial charge < -0.3 is 0 Å². The lowest BCUT2D eigenvalue weighted by atomic mass is 9.89. The largest absolute Gasteiger partial charge is 0.299 e. The lowest BCUT2D eigenvalue weighted by Gasteiger charge is -2.12. The van der Waals surface area contributed by atoms with Crippen LogP contribution >= 0.6 is 0 Å². The highest BCUT2D eigenvalue weighted by Gasteiger charge is 2.43. The highest BCUT2D eigenvalue weighted by atomic mass is 16.2. The zero-order chi connectivity index (χ0) is 7.94. The fourth-order valence-corrected chi connectivity index (χ4v) is 1.41. The minimum atomic E-state index is -0.392. The first-order valence-corrected chi connectivity index (χ1v) is 3.52. The summed E-state index contributed by atoms with van der Waals surface area (Å²) in [6, 6.07) is 0. The number of hydrogen-bond donors (Lipinski definition) is 0. The van der Waals surface area contributed by atoms with E-state index in [1.807, 2.05) is 13.8 Å². The van der Waals surface area contributed by atoms with Crippen LogP contribution in [0.25, 0.3) is 0 Å². The Morgan fingerprint density at radius 2 is 1.90 bits per heavy atom. The Morgan fingerprint density at radius 3 is 2.00 bits per heavy atom. The van der Waals surface area contributed by atoms with E-state index < -0.39 is 5.41 Å². The van der Waals surface area contributed by atoms with Crippen molar-refractivity contribution in [2.24, 2.45) is 11.3 Å². The molecule has 0 saturated heterocycles. The Balaban J connectivity index is 2.92. The van der Waals surface area contributed by atoms with E-state index in [2.05, 4.69) is 0 Å². The molecule has 1 saturated carbocycles. The third-order valence-electron chi connectivity index (χ3n) is 2.16. The van der Waals surface area contributed by atoms with Gasteiger partial charge in [-0.3, -0.25) is 9.59 Å². The molecule has 0 aromatic rings. The van der Waals surface area contributed by atoms with E-state index in [0.717, 1.165) is 0 Å². The summed E-state index contributed by atoms with van der Waals surface area (Å²) in [5.74, 6) is -0.164. The van der Waals surface area contributed by atoms with Crippen molar-refractivity contribution in [2.45, 2.75) is 27.2 Å². The third kappa shape index (κ3) is 0.877. The van der Waals surface area contributed by atoms with Crippen LogP contribution in [0.5, 0.6) is 0 Å². The number of ketones is 2. The van der Waals surface area contributed by atoms with E-state index >= 15 is 0 Å². The maximum absolute atomic E-state index is 11.2. The maximum atomic E-state index is 11.2.